The first-order chi connectivity index (χ1) is 7.29. The Bertz CT molecular complexity index is 499. The summed E-state index contributed by atoms with van der Waals surface area (Å²) in [6.45, 7) is 0. The highest BCUT2D eigenvalue weighted by Crippen LogP contribution is 2.20. The molecule has 0 aliphatic heterocycles. The van der Waals surface area contributed by atoms with Crippen LogP contribution in [0.2, 0.25) is 0 Å². The number of benzene rings is 1. The van der Waals surface area contributed by atoms with Crippen LogP contribution in [0.15, 0.2) is 41.1 Å². The van der Waals surface area contributed by atoms with E-state index in [9.17, 15) is 4.79 Å². The van der Waals surface area contributed by atoms with E-state index in [1.807, 2.05) is 24.3 Å². The average Bonchev–Trinajstić information content (AvgIpc) is 2.29. The van der Waals surface area contributed by atoms with Crippen molar-refractivity contribution in [3.63, 3.8) is 0 Å². The molecule has 0 fully saturated rings. The number of halogens is 1. The minimum atomic E-state index is 0.264. The molecule has 0 spiro atoms. The SMILES string of the molecule is O=[C]c1cc(-c2cccc(Br)c2)ncn1. The third-order valence-electron chi connectivity index (χ3n) is 1.89. The second kappa shape index (κ2) is 4.31. The number of hydrogen-bond acceptors (Lipinski definition) is 3. The number of hydrogen-bond donors (Lipinski definition) is 0. The Morgan fingerprint density at radius 2 is 2.07 bits per heavy atom. The van der Waals surface area contributed by atoms with Crippen molar-refractivity contribution < 1.29 is 4.79 Å². The third kappa shape index (κ3) is 2.27. The van der Waals surface area contributed by atoms with Crippen LogP contribution in [0.5, 0.6) is 0 Å². The fourth-order valence-corrected chi connectivity index (χ4v) is 1.62. The van der Waals surface area contributed by atoms with Crippen LogP contribution in [-0.4, -0.2) is 16.3 Å². The van der Waals surface area contributed by atoms with Gasteiger partial charge in [0, 0.05) is 10.0 Å². The van der Waals surface area contributed by atoms with Crippen LogP contribution in [-0.2, 0) is 4.79 Å². The molecule has 0 unspecified atom stereocenters. The molecule has 2 aromatic rings. The lowest BCUT2D eigenvalue weighted by Gasteiger charge is -2.00. The van der Waals surface area contributed by atoms with Gasteiger partial charge in [-0.15, -0.1) is 0 Å². The van der Waals surface area contributed by atoms with Gasteiger partial charge in [0.2, 0.25) is 0 Å². The molecular formula is C11H6BrN2O. The zero-order chi connectivity index (χ0) is 10.7. The van der Waals surface area contributed by atoms with Crippen LogP contribution in [0.4, 0.5) is 0 Å². The van der Waals surface area contributed by atoms with E-state index in [1.165, 1.54) is 6.33 Å². The standard InChI is InChI=1S/C11H6BrN2O/c12-9-3-1-2-8(4-9)11-5-10(6-15)13-7-14-11/h1-5,7H. The highest BCUT2D eigenvalue weighted by molar-refractivity contribution is 9.10. The second-order valence-corrected chi connectivity index (χ2v) is 3.82. The molecule has 0 amide bonds. The maximum Gasteiger partial charge on any atom is 0.253 e. The van der Waals surface area contributed by atoms with Crippen molar-refractivity contribution in [2.75, 3.05) is 0 Å². The van der Waals surface area contributed by atoms with Gasteiger partial charge >= 0.3 is 0 Å². The average molecular weight is 262 g/mol. The summed E-state index contributed by atoms with van der Waals surface area (Å²) >= 11 is 3.37. The van der Waals surface area contributed by atoms with E-state index in [0.29, 0.717) is 5.69 Å². The summed E-state index contributed by atoms with van der Waals surface area (Å²) in [5, 5.41) is 0. The topological polar surface area (TPSA) is 42.9 Å². The monoisotopic (exact) mass is 261 g/mol. The van der Waals surface area contributed by atoms with E-state index >= 15 is 0 Å². The van der Waals surface area contributed by atoms with Crippen LogP contribution in [0, 0.1) is 0 Å². The van der Waals surface area contributed by atoms with Crippen molar-refractivity contribution in [1.82, 2.24) is 9.97 Å². The minimum Gasteiger partial charge on any atom is -0.283 e. The van der Waals surface area contributed by atoms with Gasteiger partial charge in [0.1, 0.15) is 12.0 Å². The zero-order valence-electron chi connectivity index (χ0n) is 7.64. The van der Waals surface area contributed by atoms with E-state index in [-0.39, 0.29) is 5.69 Å². The summed E-state index contributed by atoms with van der Waals surface area (Å²) in [6, 6.07) is 9.29. The number of nitrogens with zero attached hydrogens (tertiary/aromatic N) is 2. The Hall–Kier alpha value is -1.55. The van der Waals surface area contributed by atoms with Gasteiger partial charge in [-0.25, -0.2) is 9.97 Å². The molecule has 0 bridgehead atoms. The van der Waals surface area contributed by atoms with Gasteiger partial charge in [-0.05, 0) is 18.2 Å². The fraction of sp³-hybridized carbons (Fsp3) is 0. The molecule has 3 nitrogen and oxygen atoms in total. The van der Waals surface area contributed by atoms with Crippen molar-refractivity contribution in [2.24, 2.45) is 0 Å². The minimum absolute atomic E-state index is 0.264. The Morgan fingerprint density at radius 1 is 1.20 bits per heavy atom. The van der Waals surface area contributed by atoms with Gasteiger partial charge in [-0.1, -0.05) is 28.1 Å². The molecule has 0 N–H and O–H groups in total. The molecule has 1 aromatic carbocycles. The van der Waals surface area contributed by atoms with Crippen LogP contribution in [0.3, 0.4) is 0 Å². The first-order valence-electron chi connectivity index (χ1n) is 4.26. The molecule has 0 saturated carbocycles. The summed E-state index contributed by atoms with van der Waals surface area (Å²) in [5.41, 5.74) is 1.91. The highest BCUT2D eigenvalue weighted by Gasteiger charge is 2.01. The lowest BCUT2D eigenvalue weighted by Crippen LogP contribution is -1.91. The van der Waals surface area contributed by atoms with E-state index in [0.717, 1.165) is 10.0 Å². The van der Waals surface area contributed by atoms with Crippen molar-refractivity contribution in [2.45, 2.75) is 0 Å². The molecule has 4 heteroatoms. The summed E-state index contributed by atoms with van der Waals surface area (Å²) in [7, 11) is 0. The Morgan fingerprint density at radius 3 is 2.80 bits per heavy atom. The van der Waals surface area contributed by atoms with Gasteiger partial charge in [-0.3, -0.25) is 4.79 Å². The zero-order valence-corrected chi connectivity index (χ0v) is 9.23. The molecule has 1 aromatic heterocycles. The summed E-state index contributed by atoms with van der Waals surface area (Å²) < 4.78 is 0.968. The molecule has 0 saturated heterocycles. The number of rotatable bonds is 2. The quantitative estimate of drug-likeness (QED) is 0.834. The van der Waals surface area contributed by atoms with Gasteiger partial charge in [0.25, 0.3) is 6.29 Å². The van der Waals surface area contributed by atoms with Crippen molar-refractivity contribution in [3.05, 3.63) is 46.8 Å². The summed E-state index contributed by atoms with van der Waals surface area (Å²) in [4.78, 5) is 18.3. The van der Waals surface area contributed by atoms with Crippen LogP contribution < -0.4 is 0 Å². The molecule has 0 aliphatic carbocycles. The molecule has 15 heavy (non-hydrogen) atoms. The first kappa shape index (κ1) is 9.98. The van der Waals surface area contributed by atoms with Crippen molar-refractivity contribution >= 4 is 22.2 Å². The van der Waals surface area contributed by atoms with Crippen LogP contribution in [0.25, 0.3) is 11.3 Å². The molecule has 0 aliphatic rings. The first-order valence-corrected chi connectivity index (χ1v) is 5.05. The largest absolute Gasteiger partial charge is 0.283 e. The molecular weight excluding hydrogens is 256 g/mol. The third-order valence-corrected chi connectivity index (χ3v) is 2.39. The summed E-state index contributed by atoms with van der Waals surface area (Å²) in [6.07, 6.45) is 3.10. The Kier molecular flexibility index (Phi) is 2.87. The van der Waals surface area contributed by atoms with Crippen molar-refractivity contribution in [1.29, 1.82) is 0 Å². The normalized spacial score (nSPS) is 9.93. The second-order valence-electron chi connectivity index (χ2n) is 2.90. The maximum absolute atomic E-state index is 10.4. The van der Waals surface area contributed by atoms with Gasteiger partial charge in [0.05, 0.1) is 5.69 Å². The van der Waals surface area contributed by atoms with E-state index in [2.05, 4.69) is 25.9 Å². The predicted octanol–water partition coefficient (Wildman–Crippen LogP) is 2.36. The van der Waals surface area contributed by atoms with Gasteiger partial charge < -0.3 is 0 Å². The molecule has 1 radical (unpaired) electrons. The van der Waals surface area contributed by atoms with E-state index < -0.39 is 0 Å². The molecule has 0 atom stereocenters. The number of aromatic nitrogens is 2. The molecule has 2 rings (SSSR count). The Balaban J connectivity index is 2.49. The number of carbonyl (C=O) groups excluding carboxylic acids is 1. The Labute approximate surface area is 95.3 Å². The van der Waals surface area contributed by atoms with Crippen LogP contribution in [0.1, 0.15) is 5.69 Å². The summed E-state index contributed by atoms with van der Waals surface area (Å²) in [5.74, 6) is 0. The lowest BCUT2D eigenvalue weighted by atomic mass is 10.1. The van der Waals surface area contributed by atoms with Gasteiger partial charge in [0.15, 0.2) is 0 Å². The molecule has 73 valence electrons. The molecule has 1 heterocycles. The van der Waals surface area contributed by atoms with Crippen molar-refractivity contribution in [3.8, 4) is 11.3 Å². The van der Waals surface area contributed by atoms with E-state index in [1.54, 1.807) is 12.4 Å². The van der Waals surface area contributed by atoms with Gasteiger partial charge in [-0.2, -0.15) is 0 Å². The smallest absolute Gasteiger partial charge is 0.253 e. The highest BCUT2D eigenvalue weighted by atomic mass is 79.9. The lowest BCUT2D eigenvalue weighted by molar-refractivity contribution is 0.561. The maximum atomic E-state index is 10.4. The van der Waals surface area contributed by atoms with E-state index in [4.69, 9.17) is 0 Å². The predicted molar refractivity (Wildman–Crippen MR) is 60.0 cm³/mol. The van der Waals surface area contributed by atoms with Crippen LogP contribution >= 0.6 is 15.9 Å². The fourth-order valence-electron chi connectivity index (χ4n) is 1.22.